The normalized spacial score (nSPS) is 10.9. The average molecular weight is 206 g/mol. The molecule has 0 aliphatic heterocycles. The first-order chi connectivity index (χ1) is 7.19. The molecule has 1 rings (SSSR count). The summed E-state index contributed by atoms with van der Waals surface area (Å²) in [5, 5.41) is 24.4. The molecule has 0 saturated carbocycles. The molecule has 1 aromatic carbocycles. The van der Waals surface area contributed by atoms with Crippen molar-refractivity contribution in [3.8, 4) is 5.75 Å². The van der Waals surface area contributed by atoms with Crippen LogP contribution in [-0.2, 0) is 6.54 Å². The van der Waals surface area contributed by atoms with Crippen molar-refractivity contribution in [1.29, 1.82) is 0 Å². The predicted molar refractivity (Wildman–Crippen MR) is 55.0 cm³/mol. The monoisotopic (exact) mass is 206 g/mol. The van der Waals surface area contributed by atoms with E-state index in [1.807, 2.05) is 0 Å². The molecule has 78 valence electrons. The quantitative estimate of drug-likeness (QED) is 0.198. The summed E-state index contributed by atoms with van der Waals surface area (Å²) in [5.74, 6) is 0.0231. The van der Waals surface area contributed by atoms with Crippen LogP contribution < -0.4 is 0 Å². The number of benzene rings is 1. The number of hydrogen-bond acceptors (Lipinski definition) is 4. The summed E-state index contributed by atoms with van der Waals surface area (Å²) in [6, 6.07) is 4.71. The van der Waals surface area contributed by atoms with Crippen molar-refractivity contribution in [2.45, 2.75) is 13.5 Å². The number of rotatable bonds is 3. The molecule has 15 heavy (non-hydrogen) atoms. The number of nitrogens with zero attached hydrogens (tertiary/aromatic N) is 4. The smallest absolute Gasteiger partial charge is 0.124 e. The summed E-state index contributed by atoms with van der Waals surface area (Å²) in [5.41, 5.74) is 9.61. The van der Waals surface area contributed by atoms with Crippen molar-refractivity contribution >= 4 is 5.71 Å². The Hall–Kier alpha value is -2.20. The van der Waals surface area contributed by atoms with Crippen molar-refractivity contribution in [2.75, 3.05) is 0 Å². The van der Waals surface area contributed by atoms with Crippen molar-refractivity contribution < 1.29 is 10.3 Å². The van der Waals surface area contributed by atoms with Gasteiger partial charge in [-0.2, -0.15) is 0 Å². The molecule has 0 bridgehead atoms. The van der Waals surface area contributed by atoms with Crippen LogP contribution in [0.25, 0.3) is 10.4 Å². The fourth-order valence-electron chi connectivity index (χ4n) is 1.14. The van der Waals surface area contributed by atoms with Gasteiger partial charge in [0, 0.05) is 10.5 Å². The Kier molecular flexibility index (Phi) is 3.54. The molecule has 0 saturated heterocycles. The number of phenolic OH excluding ortho intramolecular Hbond substituents is 1. The molecule has 1 aromatic rings. The van der Waals surface area contributed by atoms with Gasteiger partial charge in [-0.15, -0.1) is 0 Å². The van der Waals surface area contributed by atoms with Crippen LogP contribution >= 0.6 is 0 Å². The fraction of sp³-hybridized carbons (Fsp3) is 0.222. The van der Waals surface area contributed by atoms with Gasteiger partial charge in [-0.1, -0.05) is 16.3 Å². The third kappa shape index (κ3) is 2.62. The molecule has 0 fully saturated rings. The van der Waals surface area contributed by atoms with Crippen molar-refractivity contribution in [3.05, 3.63) is 39.8 Å². The predicted octanol–water partition coefficient (Wildman–Crippen LogP) is 2.40. The average Bonchev–Trinajstić information content (AvgIpc) is 2.27. The Balaban J connectivity index is 3.10. The van der Waals surface area contributed by atoms with E-state index in [1.54, 1.807) is 19.1 Å². The van der Waals surface area contributed by atoms with Crippen LogP contribution in [0.1, 0.15) is 18.1 Å². The van der Waals surface area contributed by atoms with Gasteiger partial charge in [-0.25, -0.2) is 0 Å². The summed E-state index contributed by atoms with van der Waals surface area (Å²) >= 11 is 0. The number of phenols is 1. The van der Waals surface area contributed by atoms with Gasteiger partial charge in [-0.05, 0) is 30.2 Å². The molecular formula is C9H10N4O2. The van der Waals surface area contributed by atoms with Crippen LogP contribution in [0.2, 0.25) is 0 Å². The van der Waals surface area contributed by atoms with E-state index in [2.05, 4.69) is 15.2 Å². The minimum absolute atomic E-state index is 0.0231. The lowest BCUT2D eigenvalue weighted by molar-refractivity contribution is 0.318. The van der Waals surface area contributed by atoms with Crippen LogP contribution in [0.3, 0.4) is 0 Å². The zero-order valence-electron chi connectivity index (χ0n) is 8.12. The van der Waals surface area contributed by atoms with E-state index < -0.39 is 0 Å². The second-order valence-electron chi connectivity index (χ2n) is 2.93. The summed E-state index contributed by atoms with van der Waals surface area (Å²) in [6.45, 7) is 1.76. The minimum Gasteiger partial charge on any atom is -0.507 e. The summed E-state index contributed by atoms with van der Waals surface area (Å²) in [7, 11) is 0. The van der Waals surface area contributed by atoms with Crippen molar-refractivity contribution in [3.63, 3.8) is 0 Å². The van der Waals surface area contributed by atoms with Gasteiger partial charge < -0.3 is 10.3 Å². The second-order valence-corrected chi connectivity index (χ2v) is 2.93. The molecule has 0 aliphatic carbocycles. The maximum atomic E-state index is 9.47. The van der Waals surface area contributed by atoms with Crippen molar-refractivity contribution in [2.24, 2.45) is 10.3 Å². The molecule has 0 radical (unpaired) electrons. The molecule has 0 aromatic heterocycles. The molecular weight excluding hydrogens is 196 g/mol. The van der Waals surface area contributed by atoms with Crippen LogP contribution in [0.5, 0.6) is 5.75 Å². The van der Waals surface area contributed by atoms with Gasteiger partial charge in [0.05, 0.1) is 12.3 Å². The van der Waals surface area contributed by atoms with E-state index in [1.165, 1.54) is 6.07 Å². The fourth-order valence-corrected chi connectivity index (χ4v) is 1.14. The topological polar surface area (TPSA) is 102 Å². The molecule has 0 spiro atoms. The molecule has 2 N–H and O–H groups in total. The number of azide groups is 1. The molecule has 0 atom stereocenters. The Bertz CT molecular complexity index is 436. The maximum absolute atomic E-state index is 9.47. The van der Waals surface area contributed by atoms with Gasteiger partial charge in [0.1, 0.15) is 5.75 Å². The zero-order chi connectivity index (χ0) is 11.3. The van der Waals surface area contributed by atoms with E-state index in [4.69, 9.17) is 10.7 Å². The second kappa shape index (κ2) is 4.88. The van der Waals surface area contributed by atoms with Crippen molar-refractivity contribution in [1.82, 2.24) is 0 Å². The third-order valence-electron chi connectivity index (χ3n) is 1.92. The van der Waals surface area contributed by atoms with Gasteiger partial charge in [0.15, 0.2) is 0 Å². The molecule has 0 amide bonds. The number of hydrogen-bond donors (Lipinski definition) is 2. The van der Waals surface area contributed by atoms with Gasteiger partial charge in [0.25, 0.3) is 0 Å². The summed E-state index contributed by atoms with van der Waals surface area (Å²) in [6.07, 6.45) is 0. The lowest BCUT2D eigenvalue weighted by atomic mass is 10.1. The zero-order valence-corrected chi connectivity index (χ0v) is 8.12. The minimum atomic E-state index is 0.0231. The molecule has 0 unspecified atom stereocenters. The lowest BCUT2D eigenvalue weighted by Crippen LogP contribution is -1.96. The summed E-state index contributed by atoms with van der Waals surface area (Å²) in [4.78, 5) is 2.63. The Labute approximate surface area is 86.1 Å². The van der Waals surface area contributed by atoms with E-state index in [0.717, 1.165) is 5.56 Å². The first-order valence-electron chi connectivity index (χ1n) is 4.21. The largest absolute Gasteiger partial charge is 0.507 e. The van der Waals surface area contributed by atoms with Gasteiger partial charge in [0.2, 0.25) is 0 Å². The van der Waals surface area contributed by atoms with Crippen LogP contribution in [0.4, 0.5) is 0 Å². The van der Waals surface area contributed by atoms with E-state index in [9.17, 15) is 5.11 Å². The van der Waals surface area contributed by atoms with Crippen LogP contribution in [-0.4, -0.2) is 16.0 Å². The van der Waals surface area contributed by atoms with E-state index in [0.29, 0.717) is 11.3 Å². The highest BCUT2D eigenvalue weighted by Gasteiger charge is 2.05. The first kappa shape index (κ1) is 10.9. The highest BCUT2D eigenvalue weighted by molar-refractivity contribution is 6.00. The Morgan fingerprint density at radius 3 is 2.87 bits per heavy atom. The standard InChI is InChI=1S/C9H10N4O2/c1-6(12-15)8-4-7(5-11-13-10)2-3-9(8)14/h2-4,14-15H,5H2,1H3/b12-6-. The van der Waals surface area contributed by atoms with Crippen LogP contribution in [0, 0.1) is 0 Å². The maximum Gasteiger partial charge on any atom is 0.124 e. The Morgan fingerprint density at radius 2 is 2.27 bits per heavy atom. The van der Waals surface area contributed by atoms with E-state index in [-0.39, 0.29) is 12.3 Å². The lowest BCUT2D eigenvalue weighted by Gasteiger charge is -2.04. The molecule has 6 nitrogen and oxygen atoms in total. The number of oxime groups is 1. The van der Waals surface area contributed by atoms with Crippen LogP contribution in [0.15, 0.2) is 28.5 Å². The van der Waals surface area contributed by atoms with Gasteiger partial charge >= 0.3 is 0 Å². The molecule has 0 aliphatic rings. The molecule has 0 heterocycles. The highest BCUT2D eigenvalue weighted by Crippen LogP contribution is 2.19. The SMILES string of the molecule is C/C(=N/O)c1cc(CN=[N+]=[N-])ccc1O. The Morgan fingerprint density at radius 1 is 1.53 bits per heavy atom. The highest BCUT2D eigenvalue weighted by atomic mass is 16.4. The number of aromatic hydroxyl groups is 1. The molecule has 6 heteroatoms. The van der Waals surface area contributed by atoms with E-state index >= 15 is 0 Å². The summed E-state index contributed by atoms with van der Waals surface area (Å²) < 4.78 is 0. The third-order valence-corrected chi connectivity index (χ3v) is 1.92. The first-order valence-corrected chi connectivity index (χ1v) is 4.21. The van der Waals surface area contributed by atoms with Gasteiger partial charge in [-0.3, -0.25) is 0 Å².